The maximum absolute atomic E-state index is 11.8. The average Bonchev–Trinajstić information content (AvgIpc) is 2.92. The van der Waals surface area contributed by atoms with E-state index in [1.165, 1.54) is 0 Å². The summed E-state index contributed by atoms with van der Waals surface area (Å²) >= 11 is 4.88. The second-order valence-electron chi connectivity index (χ2n) is 4.42. The number of carbonyl (C=O) groups is 1. The molecule has 3 N–H and O–H groups in total. The van der Waals surface area contributed by atoms with E-state index < -0.39 is 0 Å². The normalized spacial score (nSPS) is 10.2. The van der Waals surface area contributed by atoms with Crippen molar-refractivity contribution < 1.29 is 9.21 Å². The van der Waals surface area contributed by atoms with Gasteiger partial charge in [0.2, 0.25) is 5.91 Å². The highest BCUT2D eigenvalue weighted by molar-refractivity contribution is 7.80. The number of rotatable bonds is 6. The Balaban J connectivity index is 1.77. The minimum atomic E-state index is -0.0142. The van der Waals surface area contributed by atoms with E-state index in [9.17, 15) is 4.79 Å². The highest BCUT2D eigenvalue weighted by atomic mass is 32.1. The Morgan fingerprint density at radius 3 is 2.60 bits per heavy atom. The van der Waals surface area contributed by atoms with Crippen molar-refractivity contribution in [3.8, 4) is 0 Å². The fourth-order valence-electron chi connectivity index (χ4n) is 1.81. The molecule has 0 saturated carbocycles. The maximum Gasteiger partial charge on any atom is 0.224 e. The molecule has 1 aromatic carbocycles. The van der Waals surface area contributed by atoms with Crippen LogP contribution in [0.3, 0.4) is 0 Å². The zero-order valence-corrected chi connectivity index (χ0v) is 11.8. The SMILES string of the molecule is NC(=S)c1ccc(CC(=O)NCCc2ccco2)cc1. The van der Waals surface area contributed by atoms with Gasteiger partial charge in [0.15, 0.2) is 0 Å². The minimum Gasteiger partial charge on any atom is -0.469 e. The third-order valence-electron chi connectivity index (χ3n) is 2.88. The van der Waals surface area contributed by atoms with Gasteiger partial charge in [-0.1, -0.05) is 36.5 Å². The first-order valence-corrected chi connectivity index (χ1v) is 6.74. The zero-order valence-electron chi connectivity index (χ0n) is 11.0. The van der Waals surface area contributed by atoms with Gasteiger partial charge in [0, 0.05) is 18.5 Å². The highest BCUT2D eigenvalue weighted by Gasteiger charge is 2.04. The van der Waals surface area contributed by atoms with Gasteiger partial charge < -0.3 is 15.5 Å². The van der Waals surface area contributed by atoms with Gasteiger partial charge in [0.05, 0.1) is 12.7 Å². The molecule has 0 spiro atoms. The fourth-order valence-corrected chi connectivity index (χ4v) is 1.95. The van der Waals surface area contributed by atoms with Gasteiger partial charge in [-0.15, -0.1) is 0 Å². The fraction of sp³-hybridized carbons (Fsp3) is 0.200. The standard InChI is InChI=1S/C15H16N2O2S/c16-15(20)12-5-3-11(4-6-12)10-14(18)17-8-7-13-2-1-9-19-13/h1-6,9H,7-8,10H2,(H2,16,20)(H,17,18). The van der Waals surface area contributed by atoms with Gasteiger partial charge in [0.25, 0.3) is 0 Å². The Morgan fingerprint density at radius 1 is 1.25 bits per heavy atom. The van der Waals surface area contributed by atoms with Crippen molar-refractivity contribution in [2.45, 2.75) is 12.8 Å². The molecule has 0 saturated heterocycles. The molecule has 1 amide bonds. The topological polar surface area (TPSA) is 68.3 Å². The van der Waals surface area contributed by atoms with Crippen LogP contribution in [0.1, 0.15) is 16.9 Å². The number of carbonyl (C=O) groups excluding carboxylic acids is 1. The smallest absolute Gasteiger partial charge is 0.224 e. The van der Waals surface area contributed by atoms with Crippen molar-refractivity contribution in [3.63, 3.8) is 0 Å². The van der Waals surface area contributed by atoms with Gasteiger partial charge in [-0.3, -0.25) is 4.79 Å². The van der Waals surface area contributed by atoms with Crippen LogP contribution in [0, 0.1) is 0 Å². The van der Waals surface area contributed by atoms with Crippen LogP contribution in [0.15, 0.2) is 47.1 Å². The summed E-state index contributed by atoms with van der Waals surface area (Å²) in [4.78, 5) is 12.1. The largest absolute Gasteiger partial charge is 0.469 e. The van der Waals surface area contributed by atoms with Crippen LogP contribution in [0.4, 0.5) is 0 Å². The lowest BCUT2D eigenvalue weighted by Crippen LogP contribution is -2.27. The van der Waals surface area contributed by atoms with Crippen LogP contribution in [-0.4, -0.2) is 17.4 Å². The third kappa shape index (κ3) is 4.20. The Bertz CT molecular complexity index is 576. The monoisotopic (exact) mass is 288 g/mol. The van der Waals surface area contributed by atoms with E-state index >= 15 is 0 Å². The molecule has 1 aromatic heterocycles. The Labute approximate surface area is 123 Å². The number of thiocarbonyl (C=S) groups is 1. The van der Waals surface area contributed by atoms with Gasteiger partial charge in [-0.05, 0) is 17.7 Å². The summed E-state index contributed by atoms with van der Waals surface area (Å²) in [7, 11) is 0. The summed E-state index contributed by atoms with van der Waals surface area (Å²) in [6.07, 6.45) is 2.66. The van der Waals surface area contributed by atoms with Crippen molar-refractivity contribution in [2.24, 2.45) is 5.73 Å². The summed E-state index contributed by atoms with van der Waals surface area (Å²) in [5.41, 5.74) is 7.26. The van der Waals surface area contributed by atoms with Gasteiger partial charge in [-0.2, -0.15) is 0 Å². The first kappa shape index (κ1) is 14.3. The highest BCUT2D eigenvalue weighted by Crippen LogP contribution is 2.05. The summed E-state index contributed by atoms with van der Waals surface area (Å²) < 4.78 is 5.19. The first-order valence-electron chi connectivity index (χ1n) is 6.33. The molecule has 0 aliphatic heterocycles. The molecular formula is C15H16N2O2S. The predicted octanol–water partition coefficient (Wildman–Crippen LogP) is 1.82. The number of amides is 1. The maximum atomic E-state index is 11.8. The quantitative estimate of drug-likeness (QED) is 0.796. The molecular weight excluding hydrogens is 272 g/mol. The first-order chi connectivity index (χ1) is 9.65. The van der Waals surface area contributed by atoms with Crippen molar-refractivity contribution in [3.05, 3.63) is 59.5 Å². The second kappa shape index (κ2) is 6.86. The molecule has 0 aliphatic rings. The van der Waals surface area contributed by atoms with Gasteiger partial charge >= 0.3 is 0 Å². The van der Waals surface area contributed by atoms with Crippen LogP contribution in [0.2, 0.25) is 0 Å². The lowest BCUT2D eigenvalue weighted by atomic mass is 10.1. The van der Waals surface area contributed by atoms with Gasteiger partial charge in [-0.25, -0.2) is 0 Å². The number of benzene rings is 1. The number of nitrogens with one attached hydrogen (secondary N) is 1. The van der Waals surface area contributed by atoms with E-state index in [4.69, 9.17) is 22.4 Å². The third-order valence-corrected chi connectivity index (χ3v) is 3.11. The molecule has 0 atom stereocenters. The lowest BCUT2D eigenvalue weighted by molar-refractivity contribution is -0.120. The molecule has 0 unspecified atom stereocenters. The molecule has 0 fully saturated rings. The molecule has 0 radical (unpaired) electrons. The molecule has 2 aromatic rings. The predicted molar refractivity (Wildman–Crippen MR) is 81.5 cm³/mol. The molecule has 5 heteroatoms. The number of hydrogen-bond donors (Lipinski definition) is 2. The van der Waals surface area contributed by atoms with Crippen LogP contribution in [0.5, 0.6) is 0 Å². The number of nitrogens with two attached hydrogens (primary N) is 1. The second-order valence-corrected chi connectivity index (χ2v) is 4.86. The molecule has 1 heterocycles. The minimum absolute atomic E-state index is 0.0142. The van der Waals surface area contributed by atoms with Crippen molar-refractivity contribution >= 4 is 23.1 Å². The van der Waals surface area contributed by atoms with Crippen LogP contribution >= 0.6 is 12.2 Å². The van der Waals surface area contributed by atoms with Gasteiger partial charge in [0.1, 0.15) is 10.7 Å². The molecule has 0 aliphatic carbocycles. The van der Waals surface area contributed by atoms with E-state index in [1.54, 1.807) is 6.26 Å². The number of hydrogen-bond acceptors (Lipinski definition) is 3. The van der Waals surface area contributed by atoms with E-state index in [0.717, 1.165) is 16.9 Å². The summed E-state index contributed by atoms with van der Waals surface area (Å²) in [5.74, 6) is 0.853. The van der Waals surface area contributed by atoms with Crippen LogP contribution in [0.25, 0.3) is 0 Å². The van der Waals surface area contributed by atoms with Crippen LogP contribution in [-0.2, 0) is 17.6 Å². The Morgan fingerprint density at radius 2 is 2.00 bits per heavy atom. The Hall–Kier alpha value is -2.14. The van der Waals surface area contributed by atoms with Crippen molar-refractivity contribution in [1.82, 2.24) is 5.32 Å². The van der Waals surface area contributed by atoms with E-state index in [2.05, 4.69) is 5.32 Å². The number of furan rings is 1. The Kier molecular flexibility index (Phi) is 4.90. The van der Waals surface area contributed by atoms with Crippen molar-refractivity contribution in [2.75, 3.05) is 6.54 Å². The van der Waals surface area contributed by atoms with Crippen molar-refractivity contribution in [1.29, 1.82) is 0 Å². The lowest BCUT2D eigenvalue weighted by Gasteiger charge is -2.05. The van der Waals surface area contributed by atoms with E-state index in [1.807, 2.05) is 36.4 Å². The summed E-state index contributed by atoms with van der Waals surface area (Å²) in [6, 6.07) is 11.1. The summed E-state index contributed by atoms with van der Waals surface area (Å²) in [6.45, 7) is 0.567. The zero-order chi connectivity index (χ0) is 14.4. The average molecular weight is 288 g/mol. The van der Waals surface area contributed by atoms with E-state index in [-0.39, 0.29) is 5.91 Å². The molecule has 4 nitrogen and oxygen atoms in total. The summed E-state index contributed by atoms with van der Waals surface area (Å²) in [5, 5.41) is 2.86. The molecule has 2 rings (SSSR count). The van der Waals surface area contributed by atoms with E-state index in [0.29, 0.717) is 24.4 Å². The molecule has 20 heavy (non-hydrogen) atoms. The molecule has 104 valence electrons. The van der Waals surface area contributed by atoms with Crippen LogP contribution < -0.4 is 11.1 Å². The molecule has 0 bridgehead atoms.